The molecule has 0 aliphatic carbocycles. The van der Waals surface area contributed by atoms with Crippen LogP contribution < -0.4 is 14.8 Å². The van der Waals surface area contributed by atoms with Crippen LogP contribution in [0.4, 0.5) is 14.5 Å². The number of ether oxygens (including phenoxy) is 3. The first-order valence-corrected chi connectivity index (χ1v) is 10.1. The molecule has 0 atom stereocenters. The first-order valence-electron chi connectivity index (χ1n) is 10.1. The molecule has 2 aromatic carbocycles. The fourth-order valence-electron chi connectivity index (χ4n) is 3.21. The van der Waals surface area contributed by atoms with Crippen molar-refractivity contribution in [2.45, 2.75) is 20.1 Å². The quantitative estimate of drug-likeness (QED) is 0.603. The minimum absolute atomic E-state index is 0.0458. The number of hydrogen-bond donors (Lipinski definition) is 1. The van der Waals surface area contributed by atoms with Crippen molar-refractivity contribution in [3.05, 3.63) is 59.7 Å². The SMILES string of the molecule is CCOc1cc(/C=C/C(=O)Nc2cccc(CN3CCOCC3)c2)ccc1OC(F)F. The van der Waals surface area contributed by atoms with Crippen molar-refractivity contribution in [3.8, 4) is 11.5 Å². The predicted molar refractivity (Wildman–Crippen MR) is 114 cm³/mol. The van der Waals surface area contributed by atoms with E-state index in [4.69, 9.17) is 9.47 Å². The van der Waals surface area contributed by atoms with Crippen LogP contribution in [0.15, 0.2) is 48.5 Å². The number of hydrogen-bond acceptors (Lipinski definition) is 5. The molecule has 1 saturated heterocycles. The number of anilines is 1. The van der Waals surface area contributed by atoms with Gasteiger partial charge in [-0.05, 0) is 48.4 Å². The maximum Gasteiger partial charge on any atom is 0.387 e. The normalized spacial score (nSPS) is 14.7. The molecule has 166 valence electrons. The molecule has 8 heteroatoms. The third kappa shape index (κ3) is 7.34. The van der Waals surface area contributed by atoms with Crippen LogP contribution in [0.3, 0.4) is 0 Å². The molecule has 6 nitrogen and oxygen atoms in total. The summed E-state index contributed by atoms with van der Waals surface area (Å²) in [5, 5.41) is 2.84. The topological polar surface area (TPSA) is 60.0 Å². The van der Waals surface area contributed by atoms with E-state index >= 15 is 0 Å². The number of nitrogens with zero attached hydrogens (tertiary/aromatic N) is 1. The molecule has 0 aromatic heterocycles. The maximum atomic E-state index is 12.5. The molecule has 0 saturated carbocycles. The minimum atomic E-state index is -2.94. The van der Waals surface area contributed by atoms with Crippen molar-refractivity contribution < 1.29 is 27.8 Å². The Morgan fingerprint density at radius 2 is 2.00 bits per heavy atom. The van der Waals surface area contributed by atoms with Gasteiger partial charge in [0.25, 0.3) is 0 Å². The van der Waals surface area contributed by atoms with E-state index in [2.05, 4.69) is 15.0 Å². The maximum absolute atomic E-state index is 12.5. The molecule has 1 fully saturated rings. The molecular formula is C23H26F2N2O4. The van der Waals surface area contributed by atoms with E-state index in [1.54, 1.807) is 25.1 Å². The summed E-state index contributed by atoms with van der Waals surface area (Å²) in [7, 11) is 0. The van der Waals surface area contributed by atoms with Crippen LogP contribution >= 0.6 is 0 Å². The highest BCUT2D eigenvalue weighted by Crippen LogP contribution is 2.30. The van der Waals surface area contributed by atoms with E-state index < -0.39 is 6.61 Å². The highest BCUT2D eigenvalue weighted by molar-refractivity contribution is 6.02. The van der Waals surface area contributed by atoms with E-state index in [-0.39, 0.29) is 17.4 Å². The van der Waals surface area contributed by atoms with Crippen LogP contribution in [0.1, 0.15) is 18.1 Å². The number of carbonyl (C=O) groups excluding carboxylic acids is 1. The Kier molecular flexibility index (Phi) is 8.37. The molecule has 31 heavy (non-hydrogen) atoms. The molecule has 2 aromatic rings. The Balaban J connectivity index is 1.61. The second-order valence-corrected chi connectivity index (χ2v) is 6.93. The van der Waals surface area contributed by atoms with Crippen LogP contribution in [0.2, 0.25) is 0 Å². The van der Waals surface area contributed by atoms with Gasteiger partial charge in [-0.25, -0.2) is 0 Å². The Bertz CT molecular complexity index is 899. The lowest BCUT2D eigenvalue weighted by Crippen LogP contribution is -2.35. The zero-order valence-electron chi connectivity index (χ0n) is 17.4. The molecule has 1 N–H and O–H groups in total. The standard InChI is InChI=1S/C23H26F2N2O4/c1-2-30-21-15-17(6-8-20(21)31-23(24)25)7-9-22(28)26-19-5-3-4-18(14-19)16-27-10-12-29-13-11-27/h3-9,14-15,23H,2,10-13,16H2,1H3,(H,26,28)/b9-7+. The van der Waals surface area contributed by atoms with Crippen molar-refractivity contribution in [3.63, 3.8) is 0 Å². The van der Waals surface area contributed by atoms with Crippen LogP contribution in [-0.4, -0.2) is 50.3 Å². The molecule has 0 bridgehead atoms. The summed E-state index contributed by atoms with van der Waals surface area (Å²) in [6.45, 7) is 3.17. The van der Waals surface area contributed by atoms with E-state index in [1.807, 2.05) is 24.3 Å². The highest BCUT2D eigenvalue weighted by atomic mass is 19.3. The van der Waals surface area contributed by atoms with E-state index in [0.717, 1.165) is 38.4 Å². The van der Waals surface area contributed by atoms with Gasteiger partial charge in [-0.15, -0.1) is 0 Å². The molecule has 1 aliphatic rings. The monoisotopic (exact) mass is 432 g/mol. The number of amides is 1. The Morgan fingerprint density at radius 3 is 2.74 bits per heavy atom. The van der Waals surface area contributed by atoms with Gasteiger partial charge in [0.05, 0.1) is 19.8 Å². The average Bonchev–Trinajstić information content (AvgIpc) is 2.75. The van der Waals surface area contributed by atoms with Gasteiger partial charge in [0.1, 0.15) is 0 Å². The van der Waals surface area contributed by atoms with Gasteiger partial charge >= 0.3 is 6.61 Å². The number of morpholine rings is 1. The third-order valence-corrected chi connectivity index (χ3v) is 4.62. The summed E-state index contributed by atoms with van der Waals surface area (Å²) in [6, 6.07) is 12.2. The van der Waals surface area contributed by atoms with Crippen molar-refractivity contribution in [1.82, 2.24) is 4.90 Å². The van der Waals surface area contributed by atoms with E-state index in [1.165, 1.54) is 12.1 Å². The fraction of sp³-hybridized carbons (Fsp3) is 0.348. The van der Waals surface area contributed by atoms with Crippen molar-refractivity contribution in [1.29, 1.82) is 0 Å². The number of benzene rings is 2. The summed E-state index contributed by atoms with van der Waals surface area (Å²) in [5.41, 5.74) is 2.44. The van der Waals surface area contributed by atoms with E-state index in [9.17, 15) is 13.6 Å². The van der Waals surface area contributed by atoms with Gasteiger partial charge in [0.2, 0.25) is 5.91 Å². The molecule has 1 amide bonds. The number of halogens is 2. The average molecular weight is 432 g/mol. The van der Waals surface area contributed by atoms with Crippen molar-refractivity contribution >= 4 is 17.7 Å². The largest absolute Gasteiger partial charge is 0.490 e. The van der Waals surface area contributed by atoms with Crippen LogP contribution in [0.25, 0.3) is 6.08 Å². The van der Waals surface area contributed by atoms with Gasteiger partial charge in [0.15, 0.2) is 11.5 Å². The first kappa shape index (κ1) is 22.7. The molecule has 0 spiro atoms. The Hall–Kier alpha value is -2.97. The lowest BCUT2D eigenvalue weighted by atomic mass is 10.1. The summed E-state index contributed by atoms with van der Waals surface area (Å²) in [5.74, 6) is -0.147. The zero-order valence-corrected chi connectivity index (χ0v) is 17.4. The number of alkyl halides is 2. The molecule has 1 heterocycles. The number of rotatable bonds is 9. The summed E-state index contributed by atoms with van der Waals surface area (Å²) in [4.78, 5) is 14.6. The van der Waals surface area contributed by atoms with Crippen LogP contribution in [-0.2, 0) is 16.1 Å². The van der Waals surface area contributed by atoms with Gasteiger partial charge in [-0.1, -0.05) is 18.2 Å². The zero-order chi connectivity index (χ0) is 22.1. The Labute approximate surface area is 180 Å². The molecular weight excluding hydrogens is 406 g/mol. The molecule has 0 radical (unpaired) electrons. The fourth-order valence-corrected chi connectivity index (χ4v) is 3.21. The molecule has 0 unspecified atom stereocenters. The van der Waals surface area contributed by atoms with Gasteiger partial charge in [-0.3, -0.25) is 9.69 Å². The summed E-state index contributed by atoms with van der Waals surface area (Å²) >= 11 is 0. The molecule has 3 rings (SSSR count). The second-order valence-electron chi connectivity index (χ2n) is 6.93. The number of nitrogens with one attached hydrogen (secondary N) is 1. The van der Waals surface area contributed by atoms with E-state index in [0.29, 0.717) is 17.9 Å². The number of carbonyl (C=O) groups is 1. The summed E-state index contributed by atoms with van der Waals surface area (Å²) < 4.78 is 40.2. The second kappa shape index (κ2) is 11.4. The third-order valence-electron chi connectivity index (χ3n) is 4.62. The predicted octanol–water partition coefficient (Wildman–Crippen LogP) is 4.17. The van der Waals surface area contributed by atoms with Crippen molar-refractivity contribution in [2.75, 3.05) is 38.2 Å². The Morgan fingerprint density at radius 1 is 1.19 bits per heavy atom. The lowest BCUT2D eigenvalue weighted by Gasteiger charge is -2.26. The van der Waals surface area contributed by atoms with Gasteiger partial charge < -0.3 is 19.5 Å². The van der Waals surface area contributed by atoms with Crippen LogP contribution in [0.5, 0.6) is 11.5 Å². The van der Waals surface area contributed by atoms with Crippen molar-refractivity contribution in [2.24, 2.45) is 0 Å². The van der Waals surface area contributed by atoms with Gasteiger partial charge in [0, 0.05) is 31.4 Å². The highest BCUT2D eigenvalue weighted by Gasteiger charge is 2.12. The minimum Gasteiger partial charge on any atom is -0.490 e. The molecule has 1 aliphatic heterocycles. The van der Waals surface area contributed by atoms with Gasteiger partial charge in [-0.2, -0.15) is 8.78 Å². The lowest BCUT2D eigenvalue weighted by molar-refractivity contribution is -0.111. The summed E-state index contributed by atoms with van der Waals surface area (Å²) in [6.07, 6.45) is 2.97. The van der Waals surface area contributed by atoms with Crippen LogP contribution in [0, 0.1) is 0 Å². The smallest absolute Gasteiger partial charge is 0.387 e. The first-order chi connectivity index (χ1) is 15.0.